The third-order valence-corrected chi connectivity index (χ3v) is 5.63. The van der Waals surface area contributed by atoms with Gasteiger partial charge in [-0.25, -0.2) is 0 Å². The average Bonchev–Trinajstić information content (AvgIpc) is 2.52. The molecule has 1 aromatic rings. The van der Waals surface area contributed by atoms with E-state index >= 15 is 0 Å². The molecule has 2 aliphatic rings. The summed E-state index contributed by atoms with van der Waals surface area (Å²) in [4.78, 5) is 2.59. The van der Waals surface area contributed by atoms with Gasteiger partial charge in [-0.2, -0.15) is 0 Å². The molecule has 3 rings (SSSR count). The van der Waals surface area contributed by atoms with Crippen molar-refractivity contribution in [2.75, 3.05) is 7.05 Å². The van der Waals surface area contributed by atoms with E-state index in [1.54, 1.807) is 5.57 Å². The standard InChI is InChI=1S/C21H31N/c1-3-4-5-6-8-17-11-13-18(14-12-17)19-15-20-9-7-10-21(16-19)22(20)2/h11-15,20-21H,3-10,16H2,1-2H3. The molecule has 2 atom stereocenters. The molecule has 0 aliphatic carbocycles. The smallest absolute Gasteiger partial charge is 0.0284 e. The van der Waals surface area contributed by atoms with Crippen LogP contribution < -0.4 is 0 Å². The Hall–Kier alpha value is -1.08. The van der Waals surface area contributed by atoms with Gasteiger partial charge in [-0.3, -0.25) is 4.90 Å². The van der Waals surface area contributed by atoms with Crippen LogP contribution in [0.5, 0.6) is 0 Å². The maximum atomic E-state index is 2.59. The van der Waals surface area contributed by atoms with Crippen LogP contribution in [0.3, 0.4) is 0 Å². The van der Waals surface area contributed by atoms with Crippen LogP contribution in [-0.2, 0) is 6.42 Å². The zero-order valence-corrected chi connectivity index (χ0v) is 14.4. The predicted octanol–water partition coefficient (Wildman–Crippen LogP) is 5.45. The fourth-order valence-electron chi connectivity index (χ4n) is 4.10. The molecule has 1 aromatic carbocycles. The van der Waals surface area contributed by atoms with Crippen molar-refractivity contribution in [2.45, 2.75) is 76.8 Å². The summed E-state index contributed by atoms with van der Waals surface area (Å²) in [5.41, 5.74) is 4.56. The number of nitrogens with zero attached hydrogens (tertiary/aromatic N) is 1. The zero-order chi connectivity index (χ0) is 15.4. The molecule has 1 nitrogen and oxygen atoms in total. The second kappa shape index (κ2) is 7.46. The van der Waals surface area contributed by atoms with Crippen molar-refractivity contribution in [2.24, 2.45) is 0 Å². The Labute approximate surface area is 136 Å². The number of piperidine rings is 1. The molecular weight excluding hydrogens is 266 g/mol. The Morgan fingerprint density at radius 1 is 1.05 bits per heavy atom. The van der Waals surface area contributed by atoms with E-state index in [1.807, 2.05) is 0 Å². The second-order valence-electron chi connectivity index (χ2n) is 7.22. The predicted molar refractivity (Wildman–Crippen MR) is 96.1 cm³/mol. The number of hydrogen-bond donors (Lipinski definition) is 0. The summed E-state index contributed by atoms with van der Waals surface area (Å²) in [6.07, 6.45) is 14.5. The topological polar surface area (TPSA) is 3.24 Å². The molecule has 0 radical (unpaired) electrons. The summed E-state index contributed by atoms with van der Waals surface area (Å²) in [5.74, 6) is 0. The van der Waals surface area contributed by atoms with Gasteiger partial charge in [0.15, 0.2) is 0 Å². The van der Waals surface area contributed by atoms with Gasteiger partial charge in [0.25, 0.3) is 0 Å². The summed E-state index contributed by atoms with van der Waals surface area (Å²) < 4.78 is 0. The highest BCUT2D eigenvalue weighted by molar-refractivity contribution is 5.68. The highest BCUT2D eigenvalue weighted by atomic mass is 15.2. The van der Waals surface area contributed by atoms with Gasteiger partial charge in [0, 0.05) is 12.1 Å². The quantitative estimate of drug-likeness (QED) is 0.631. The van der Waals surface area contributed by atoms with E-state index in [1.165, 1.54) is 68.9 Å². The van der Waals surface area contributed by atoms with Crippen LogP contribution in [0, 0.1) is 0 Å². The van der Waals surface area contributed by atoms with Crippen LogP contribution in [0.1, 0.15) is 69.4 Å². The molecule has 0 aromatic heterocycles. The van der Waals surface area contributed by atoms with Gasteiger partial charge in [-0.05, 0) is 55.9 Å². The van der Waals surface area contributed by atoms with Crippen LogP contribution in [-0.4, -0.2) is 24.0 Å². The number of likely N-dealkylation sites (N-methyl/N-ethyl adjacent to an activating group) is 1. The van der Waals surface area contributed by atoms with E-state index in [4.69, 9.17) is 0 Å². The average molecular weight is 297 g/mol. The van der Waals surface area contributed by atoms with Crippen molar-refractivity contribution in [3.8, 4) is 0 Å². The van der Waals surface area contributed by atoms with Crippen molar-refractivity contribution in [1.29, 1.82) is 0 Å². The lowest BCUT2D eigenvalue weighted by Gasteiger charge is -2.42. The number of hydrogen-bond acceptors (Lipinski definition) is 1. The maximum Gasteiger partial charge on any atom is 0.0284 e. The number of fused-ring (bicyclic) bond motifs is 2. The first-order valence-electron chi connectivity index (χ1n) is 9.30. The molecule has 0 spiro atoms. The summed E-state index contributed by atoms with van der Waals surface area (Å²) in [6.45, 7) is 2.28. The van der Waals surface area contributed by atoms with Gasteiger partial charge in [0.1, 0.15) is 0 Å². The summed E-state index contributed by atoms with van der Waals surface area (Å²) in [6, 6.07) is 10.9. The second-order valence-corrected chi connectivity index (χ2v) is 7.22. The zero-order valence-electron chi connectivity index (χ0n) is 14.4. The molecule has 22 heavy (non-hydrogen) atoms. The Morgan fingerprint density at radius 2 is 1.86 bits per heavy atom. The molecule has 2 heterocycles. The Kier molecular flexibility index (Phi) is 5.36. The van der Waals surface area contributed by atoms with Gasteiger partial charge in [0.2, 0.25) is 0 Å². The lowest BCUT2D eigenvalue weighted by Crippen LogP contribution is -2.45. The van der Waals surface area contributed by atoms with E-state index in [0.29, 0.717) is 6.04 Å². The molecule has 1 saturated heterocycles. The van der Waals surface area contributed by atoms with Gasteiger partial charge in [0.05, 0.1) is 0 Å². The van der Waals surface area contributed by atoms with Crippen LogP contribution in [0.25, 0.3) is 5.57 Å². The SMILES string of the molecule is CCCCCCc1ccc(C2=CC3CCCC(C2)N3C)cc1. The van der Waals surface area contributed by atoms with Gasteiger partial charge in [-0.15, -0.1) is 0 Å². The molecular formula is C21H31N. The molecule has 1 heteroatoms. The fraction of sp³-hybridized carbons (Fsp3) is 0.619. The van der Waals surface area contributed by atoms with Crippen LogP contribution in [0.2, 0.25) is 0 Å². The first kappa shape index (κ1) is 15.8. The van der Waals surface area contributed by atoms with Crippen LogP contribution >= 0.6 is 0 Å². The van der Waals surface area contributed by atoms with Crippen molar-refractivity contribution < 1.29 is 0 Å². The fourth-order valence-corrected chi connectivity index (χ4v) is 4.10. The first-order valence-corrected chi connectivity index (χ1v) is 9.30. The molecule has 2 unspecified atom stereocenters. The van der Waals surface area contributed by atoms with E-state index in [9.17, 15) is 0 Å². The maximum absolute atomic E-state index is 2.59. The minimum Gasteiger partial charge on any atom is -0.297 e. The van der Waals surface area contributed by atoms with Gasteiger partial charge in [-0.1, -0.05) is 62.9 Å². The molecule has 0 N–H and O–H groups in total. The van der Waals surface area contributed by atoms with Crippen molar-refractivity contribution >= 4 is 5.57 Å². The van der Waals surface area contributed by atoms with Crippen molar-refractivity contribution in [3.05, 3.63) is 41.5 Å². The molecule has 120 valence electrons. The largest absolute Gasteiger partial charge is 0.297 e. The normalized spacial score (nSPS) is 25.1. The van der Waals surface area contributed by atoms with Gasteiger partial charge < -0.3 is 0 Å². The van der Waals surface area contributed by atoms with Crippen LogP contribution in [0.4, 0.5) is 0 Å². The molecule has 2 bridgehead atoms. The number of aryl methyl sites for hydroxylation is 1. The highest BCUT2D eigenvalue weighted by Gasteiger charge is 2.31. The third-order valence-electron chi connectivity index (χ3n) is 5.63. The lowest BCUT2D eigenvalue weighted by atomic mass is 9.83. The lowest BCUT2D eigenvalue weighted by molar-refractivity contribution is 0.137. The first-order chi connectivity index (χ1) is 10.8. The number of benzene rings is 1. The molecule has 2 aliphatic heterocycles. The third kappa shape index (κ3) is 3.63. The van der Waals surface area contributed by atoms with E-state index in [2.05, 4.69) is 49.2 Å². The Bertz CT molecular complexity index is 499. The van der Waals surface area contributed by atoms with Crippen molar-refractivity contribution in [3.63, 3.8) is 0 Å². The van der Waals surface area contributed by atoms with E-state index in [0.717, 1.165) is 6.04 Å². The Morgan fingerprint density at radius 3 is 2.59 bits per heavy atom. The van der Waals surface area contributed by atoms with Gasteiger partial charge >= 0.3 is 0 Å². The number of unbranched alkanes of at least 4 members (excludes halogenated alkanes) is 3. The van der Waals surface area contributed by atoms with E-state index in [-0.39, 0.29) is 0 Å². The van der Waals surface area contributed by atoms with Crippen LogP contribution in [0.15, 0.2) is 30.3 Å². The summed E-state index contributed by atoms with van der Waals surface area (Å²) in [7, 11) is 2.31. The Balaban J connectivity index is 1.63. The minimum absolute atomic E-state index is 0.677. The van der Waals surface area contributed by atoms with Crippen molar-refractivity contribution in [1.82, 2.24) is 4.90 Å². The molecule has 0 saturated carbocycles. The molecule has 0 amide bonds. The minimum atomic E-state index is 0.677. The summed E-state index contributed by atoms with van der Waals surface area (Å²) in [5, 5.41) is 0. The molecule has 1 fully saturated rings. The van der Waals surface area contributed by atoms with E-state index < -0.39 is 0 Å². The number of rotatable bonds is 6. The monoisotopic (exact) mass is 297 g/mol. The summed E-state index contributed by atoms with van der Waals surface area (Å²) >= 11 is 0. The highest BCUT2D eigenvalue weighted by Crippen LogP contribution is 2.36.